The highest BCUT2D eigenvalue weighted by Gasteiger charge is 2.08. The van der Waals surface area contributed by atoms with Crippen LogP contribution in [0.5, 0.6) is 0 Å². The Hall–Kier alpha value is -1.40. The molecule has 2 aromatic heterocycles. The minimum absolute atomic E-state index is 0.0682. The number of fused-ring (bicyclic) bond motifs is 1. The van der Waals surface area contributed by atoms with E-state index in [1.807, 2.05) is 12.1 Å². The summed E-state index contributed by atoms with van der Waals surface area (Å²) >= 11 is 1.50. The first kappa shape index (κ1) is 9.17. The SMILES string of the molecule is Nc1cc2c(cc(N)n2NCCO)s1. The van der Waals surface area contributed by atoms with Crippen LogP contribution >= 0.6 is 11.3 Å². The van der Waals surface area contributed by atoms with Crippen LogP contribution in [0.25, 0.3) is 10.2 Å². The van der Waals surface area contributed by atoms with Gasteiger partial charge < -0.3 is 22.0 Å². The molecule has 14 heavy (non-hydrogen) atoms. The quantitative estimate of drug-likeness (QED) is 0.593. The van der Waals surface area contributed by atoms with E-state index in [1.54, 1.807) is 4.68 Å². The van der Waals surface area contributed by atoms with Gasteiger partial charge >= 0.3 is 0 Å². The molecule has 2 heterocycles. The fourth-order valence-corrected chi connectivity index (χ4v) is 2.23. The summed E-state index contributed by atoms with van der Waals surface area (Å²) in [4.78, 5) is 0. The maximum atomic E-state index is 8.69. The van der Waals surface area contributed by atoms with Crippen LogP contribution in [0.15, 0.2) is 12.1 Å². The molecule has 0 amide bonds. The second-order valence-corrected chi connectivity index (χ2v) is 4.05. The molecule has 0 fully saturated rings. The number of aromatic nitrogens is 1. The summed E-state index contributed by atoms with van der Waals surface area (Å²) in [6.45, 7) is 0.530. The molecule has 2 aromatic rings. The fraction of sp³-hybridized carbons (Fsp3) is 0.250. The summed E-state index contributed by atoms with van der Waals surface area (Å²) in [6.07, 6.45) is 0. The summed E-state index contributed by atoms with van der Waals surface area (Å²) < 4.78 is 2.78. The van der Waals surface area contributed by atoms with Gasteiger partial charge in [-0.25, -0.2) is 4.68 Å². The van der Waals surface area contributed by atoms with Crippen LogP contribution in [-0.2, 0) is 0 Å². The average molecular weight is 212 g/mol. The van der Waals surface area contributed by atoms with Gasteiger partial charge in [0.1, 0.15) is 5.82 Å². The van der Waals surface area contributed by atoms with Gasteiger partial charge in [0, 0.05) is 0 Å². The Morgan fingerprint density at radius 3 is 2.93 bits per heavy atom. The molecule has 6 N–H and O–H groups in total. The van der Waals surface area contributed by atoms with Crippen molar-refractivity contribution in [3.8, 4) is 0 Å². The van der Waals surface area contributed by atoms with Crippen molar-refractivity contribution >= 4 is 32.4 Å². The largest absolute Gasteiger partial charge is 0.394 e. The molecule has 0 spiro atoms. The van der Waals surface area contributed by atoms with Crippen molar-refractivity contribution in [2.24, 2.45) is 0 Å². The van der Waals surface area contributed by atoms with Crippen LogP contribution in [0.2, 0.25) is 0 Å². The lowest BCUT2D eigenvalue weighted by molar-refractivity contribution is 0.307. The summed E-state index contributed by atoms with van der Waals surface area (Å²) in [7, 11) is 0. The summed E-state index contributed by atoms with van der Waals surface area (Å²) in [5.74, 6) is 0.625. The molecule has 0 unspecified atom stereocenters. The van der Waals surface area contributed by atoms with Crippen molar-refractivity contribution in [3.05, 3.63) is 12.1 Å². The maximum Gasteiger partial charge on any atom is 0.124 e. The van der Waals surface area contributed by atoms with E-state index in [9.17, 15) is 0 Å². The molecule has 0 aliphatic carbocycles. The zero-order valence-corrected chi connectivity index (χ0v) is 8.34. The Morgan fingerprint density at radius 1 is 1.43 bits per heavy atom. The number of nitrogens with zero attached hydrogens (tertiary/aromatic N) is 1. The Bertz CT molecular complexity index is 447. The lowest BCUT2D eigenvalue weighted by Gasteiger charge is -2.08. The highest BCUT2D eigenvalue weighted by molar-refractivity contribution is 7.22. The van der Waals surface area contributed by atoms with E-state index in [0.29, 0.717) is 12.4 Å². The normalized spacial score (nSPS) is 10.9. The Kier molecular flexibility index (Phi) is 2.22. The van der Waals surface area contributed by atoms with Gasteiger partial charge in [0.05, 0.1) is 28.4 Å². The highest BCUT2D eigenvalue weighted by Crippen LogP contribution is 2.30. The first-order chi connectivity index (χ1) is 6.72. The molecule has 0 atom stereocenters. The van der Waals surface area contributed by atoms with Gasteiger partial charge in [0.15, 0.2) is 0 Å². The molecule has 6 heteroatoms. The molecule has 0 aliphatic heterocycles. The smallest absolute Gasteiger partial charge is 0.124 e. The van der Waals surface area contributed by atoms with Gasteiger partial charge in [-0.3, -0.25) is 0 Å². The van der Waals surface area contributed by atoms with Crippen molar-refractivity contribution in [2.75, 3.05) is 30.0 Å². The number of rotatable bonds is 3. The molecule has 5 nitrogen and oxygen atoms in total. The lowest BCUT2D eigenvalue weighted by Crippen LogP contribution is -2.19. The minimum atomic E-state index is 0.0682. The van der Waals surface area contributed by atoms with Crippen molar-refractivity contribution in [1.82, 2.24) is 4.68 Å². The van der Waals surface area contributed by atoms with E-state index in [4.69, 9.17) is 16.6 Å². The molecule has 0 saturated heterocycles. The summed E-state index contributed by atoms with van der Waals surface area (Å²) in [6, 6.07) is 3.72. The van der Waals surface area contributed by atoms with Crippen molar-refractivity contribution < 1.29 is 5.11 Å². The van der Waals surface area contributed by atoms with Gasteiger partial charge in [-0.15, -0.1) is 11.3 Å². The van der Waals surface area contributed by atoms with Crippen LogP contribution in [0, 0.1) is 0 Å². The number of aliphatic hydroxyl groups is 1. The predicted octanol–water partition coefficient (Wildman–Crippen LogP) is 0.403. The molecule has 0 saturated carbocycles. The van der Waals surface area contributed by atoms with E-state index in [2.05, 4.69) is 5.43 Å². The molecular weight excluding hydrogens is 200 g/mol. The van der Waals surface area contributed by atoms with Gasteiger partial charge in [0.2, 0.25) is 0 Å². The number of hydrogen-bond acceptors (Lipinski definition) is 5. The second-order valence-electron chi connectivity index (χ2n) is 2.93. The molecule has 76 valence electrons. The van der Waals surface area contributed by atoms with Crippen LogP contribution < -0.4 is 16.9 Å². The summed E-state index contributed by atoms with van der Waals surface area (Å²) in [5, 5.41) is 9.45. The van der Waals surface area contributed by atoms with Gasteiger partial charge in [-0.1, -0.05) is 0 Å². The third-order valence-electron chi connectivity index (χ3n) is 1.92. The second kappa shape index (κ2) is 3.39. The van der Waals surface area contributed by atoms with Gasteiger partial charge in [0.25, 0.3) is 0 Å². The van der Waals surface area contributed by atoms with E-state index in [-0.39, 0.29) is 6.61 Å². The van der Waals surface area contributed by atoms with Gasteiger partial charge in [-0.2, -0.15) is 0 Å². The Morgan fingerprint density at radius 2 is 2.21 bits per heavy atom. The van der Waals surface area contributed by atoms with E-state index < -0.39 is 0 Å². The summed E-state index contributed by atoms with van der Waals surface area (Å²) in [5.41, 5.74) is 15.4. The standard InChI is InChI=1S/C8H12N4OS/c9-7-4-6-5(3-8(10)14-6)12(7)11-1-2-13/h3-4,11,13H,1-2,9-10H2. The Labute approximate surface area is 84.9 Å². The van der Waals surface area contributed by atoms with Crippen molar-refractivity contribution in [2.45, 2.75) is 0 Å². The van der Waals surface area contributed by atoms with Crippen LogP contribution in [0.3, 0.4) is 0 Å². The van der Waals surface area contributed by atoms with Crippen LogP contribution in [-0.4, -0.2) is 22.9 Å². The zero-order chi connectivity index (χ0) is 10.1. The molecule has 0 aromatic carbocycles. The third-order valence-corrected chi connectivity index (χ3v) is 2.82. The fourth-order valence-electron chi connectivity index (χ4n) is 1.37. The van der Waals surface area contributed by atoms with Crippen LogP contribution in [0.4, 0.5) is 10.8 Å². The molecular formula is C8H12N4OS. The molecule has 0 aliphatic rings. The van der Waals surface area contributed by atoms with Crippen molar-refractivity contribution in [1.29, 1.82) is 0 Å². The number of anilines is 2. The van der Waals surface area contributed by atoms with E-state index in [0.717, 1.165) is 15.2 Å². The minimum Gasteiger partial charge on any atom is -0.394 e. The van der Waals surface area contributed by atoms with E-state index in [1.165, 1.54) is 11.3 Å². The number of nitrogen functional groups attached to an aromatic ring is 2. The number of nitrogens with two attached hydrogens (primary N) is 2. The highest BCUT2D eigenvalue weighted by atomic mass is 32.1. The molecule has 0 bridgehead atoms. The third kappa shape index (κ3) is 1.38. The monoisotopic (exact) mass is 212 g/mol. The average Bonchev–Trinajstić information content (AvgIpc) is 2.58. The van der Waals surface area contributed by atoms with E-state index >= 15 is 0 Å². The number of nitrogens with one attached hydrogen (secondary N) is 1. The number of aliphatic hydroxyl groups excluding tert-OH is 1. The van der Waals surface area contributed by atoms with Crippen molar-refractivity contribution in [3.63, 3.8) is 0 Å². The Balaban J connectivity index is 2.43. The maximum absolute atomic E-state index is 8.69. The van der Waals surface area contributed by atoms with Gasteiger partial charge in [-0.05, 0) is 12.1 Å². The first-order valence-electron chi connectivity index (χ1n) is 4.23. The zero-order valence-electron chi connectivity index (χ0n) is 7.53. The number of hydrogen-bond donors (Lipinski definition) is 4. The number of thiophene rings is 1. The lowest BCUT2D eigenvalue weighted by atomic mass is 10.5. The molecule has 2 rings (SSSR count). The molecule has 0 radical (unpaired) electrons. The first-order valence-corrected chi connectivity index (χ1v) is 5.05. The van der Waals surface area contributed by atoms with Crippen LogP contribution in [0.1, 0.15) is 0 Å². The topological polar surface area (TPSA) is 89.2 Å². The predicted molar refractivity (Wildman–Crippen MR) is 60.0 cm³/mol.